The monoisotopic (exact) mass is 494 g/mol. The molecule has 1 amide bonds. The number of aryl methyl sites for hydroxylation is 1. The lowest BCUT2D eigenvalue weighted by Crippen LogP contribution is -2.33. The van der Waals surface area contributed by atoms with Crippen LogP contribution in [0.2, 0.25) is 0 Å². The summed E-state index contributed by atoms with van der Waals surface area (Å²) in [5.74, 6) is -1.61. The van der Waals surface area contributed by atoms with Gasteiger partial charge in [0.1, 0.15) is 22.8 Å². The average molecular weight is 495 g/mol. The number of fused-ring (bicyclic) bond motifs is 1. The molecule has 0 bridgehead atoms. The highest BCUT2D eigenvalue weighted by molar-refractivity contribution is 6.09. The first-order chi connectivity index (χ1) is 17.4. The van der Waals surface area contributed by atoms with E-state index in [1.54, 1.807) is 19.3 Å². The zero-order valence-electron chi connectivity index (χ0n) is 19.7. The average Bonchev–Trinajstić information content (AvgIpc) is 3.50. The maximum atomic E-state index is 15.0. The molecule has 1 atom stereocenters. The van der Waals surface area contributed by atoms with Crippen LogP contribution in [0.1, 0.15) is 23.3 Å². The zero-order chi connectivity index (χ0) is 25.4. The van der Waals surface area contributed by atoms with E-state index in [0.717, 1.165) is 12.8 Å². The first kappa shape index (κ1) is 23.6. The summed E-state index contributed by atoms with van der Waals surface area (Å²) >= 11 is 0. The fourth-order valence-corrected chi connectivity index (χ4v) is 4.65. The Morgan fingerprint density at radius 2 is 2.11 bits per heavy atom. The van der Waals surface area contributed by atoms with Crippen LogP contribution in [0.4, 0.5) is 20.2 Å². The molecule has 1 aliphatic heterocycles. The SMILES string of the molecule is COc1cccc(F)c1-c1nccc(C(=O)Nc2cc(F)c3nn(C)cc3c2N2CCC[C@@H]2CO)n1. The topological polar surface area (TPSA) is 105 Å². The summed E-state index contributed by atoms with van der Waals surface area (Å²) in [7, 11) is 3.09. The van der Waals surface area contributed by atoms with Gasteiger partial charge in [0.2, 0.25) is 0 Å². The quantitative estimate of drug-likeness (QED) is 0.423. The van der Waals surface area contributed by atoms with E-state index in [1.807, 2.05) is 4.90 Å². The summed E-state index contributed by atoms with van der Waals surface area (Å²) in [5, 5.41) is 17.4. The molecule has 0 unspecified atom stereocenters. The molecule has 0 aliphatic carbocycles. The summed E-state index contributed by atoms with van der Waals surface area (Å²) in [6, 6.07) is 6.75. The van der Waals surface area contributed by atoms with Crippen molar-refractivity contribution in [1.82, 2.24) is 19.7 Å². The van der Waals surface area contributed by atoms with E-state index >= 15 is 0 Å². The molecule has 186 valence electrons. The maximum absolute atomic E-state index is 15.0. The van der Waals surface area contributed by atoms with Gasteiger partial charge in [-0.15, -0.1) is 0 Å². The number of anilines is 2. The van der Waals surface area contributed by atoms with Crippen molar-refractivity contribution in [3.63, 3.8) is 0 Å². The van der Waals surface area contributed by atoms with Crippen LogP contribution in [0, 0.1) is 11.6 Å². The number of halogens is 2. The van der Waals surface area contributed by atoms with Crippen molar-refractivity contribution in [3.05, 3.63) is 60.1 Å². The van der Waals surface area contributed by atoms with Gasteiger partial charge in [-0.1, -0.05) is 6.07 Å². The van der Waals surface area contributed by atoms with Gasteiger partial charge < -0.3 is 20.1 Å². The van der Waals surface area contributed by atoms with Crippen LogP contribution >= 0.6 is 0 Å². The molecule has 3 heterocycles. The summed E-state index contributed by atoms with van der Waals surface area (Å²) in [6.07, 6.45) is 4.64. The Kier molecular flexibility index (Phi) is 6.23. The number of hydrogen-bond donors (Lipinski definition) is 2. The number of nitrogens with one attached hydrogen (secondary N) is 1. The summed E-state index contributed by atoms with van der Waals surface area (Å²) in [6.45, 7) is 0.556. The molecule has 2 N–H and O–H groups in total. The number of amides is 1. The van der Waals surface area contributed by atoms with Gasteiger partial charge in [-0.3, -0.25) is 9.48 Å². The largest absolute Gasteiger partial charge is 0.496 e. The summed E-state index contributed by atoms with van der Waals surface area (Å²) in [5.41, 5.74) is 0.964. The predicted molar refractivity (Wildman–Crippen MR) is 130 cm³/mol. The van der Waals surface area contributed by atoms with Crippen LogP contribution in [0.3, 0.4) is 0 Å². The predicted octanol–water partition coefficient (Wildman–Crippen LogP) is 3.53. The van der Waals surface area contributed by atoms with Crippen molar-refractivity contribution in [3.8, 4) is 17.1 Å². The van der Waals surface area contributed by atoms with Crippen molar-refractivity contribution in [2.75, 3.05) is 30.5 Å². The minimum Gasteiger partial charge on any atom is -0.496 e. The fraction of sp³-hybridized carbons (Fsp3) is 0.280. The molecule has 0 radical (unpaired) electrons. The zero-order valence-corrected chi connectivity index (χ0v) is 19.7. The Bertz CT molecular complexity index is 1460. The normalized spacial score (nSPS) is 15.5. The number of methoxy groups -OCH3 is 1. The number of carbonyl (C=O) groups excluding carboxylic acids is 1. The number of carbonyl (C=O) groups is 1. The molecule has 5 rings (SSSR count). The first-order valence-corrected chi connectivity index (χ1v) is 11.4. The molecule has 1 saturated heterocycles. The molecule has 36 heavy (non-hydrogen) atoms. The van der Waals surface area contributed by atoms with Crippen molar-refractivity contribution >= 4 is 28.2 Å². The van der Waals surface area contributed by atoms with E-state index in [9.17, 15) is 18.7 Å². The highest BCUT2D eigenvalue weighted by atomic mass is 19.1. The Labute approximate surface area is 205 Å². The molecule has 9 nitrogen and oxygen atoms in total. The number of aromatic nitrogens is 4. The van der Waals surface area contributed by atoms with E-state index in [0.29, 0.717) is 17.6 Å². The van der Waals surface area contributed by atoms with E-state index in [2.05, 4.69) is 20.4 Å². The van der Waals surface area contributed by atoms with Crippen molar-refractivity contribution < 1.29 is 23.4 Å². The third-order valence-electron chi connectivity index (χ3n) is 6.27. The number of nitrogens with zero attached hydrogens (tertiary/aromatic N) is 5. The van der Waals surface area contributed by atoms with Crippen LogP contribution < -0.4 is 15.0 Å². The standard InChI is InChI=1S/C25H24F2N6O3/c1-32-12-15-22(31-32)17(27)11-19(23(15)33-10-4-5-14(33)13-34)30-25(35)18-8-9-28-24(29-18)21-16(26)6-3-7-20(21)36-2/h3,6-9,11-12,14,34H,4-5,10,13H2,1-2H3,(H,30,35)/t14-/m1/s1. The van der Waals surface area contributed by atoms with Gasteiger partial charge in [-0.05, 0) is 31.0 Å². The lowest BCUT2D eigenvalue weighted by molar-refractivity contribution is 0.102. The van der Waals surface area contributed by atoms with Crippen LogP contribution in [0.25, 0.3) is 22.3 Å². The number of benzene rings is 2. The minimum atomic E-state index is -0.627. The summed E-state index contributed by atoms with van der Waals surface area (Å²) < 4.78 is 36.3. The van der Waals surface area contributed by atoms with Gasteiger partial charge >= 0.3 is 0 Å². The van der Waals surface area contributed by atoms with Crippen molar-refractivity contribution in [2.45, 2.75) is 18.9 Å². The van der Waals surface area contributed by atoms with Crippen LogP contribution in [0.15, 0.2) is 42.7 Å². The first-order valence-electron chi connectivity index (χ1n) is 11.4. The molecule has 4 aromatic rings. The van der Waals surface area contributed by atoms with E-state index < -0.39 is 17.5 Å². The smallest absolute Gasteiger partial charge is 0.274 e. The third kappa shape index (κ3) is 4.11. The minimum absolute atomic E-state index is 0.0217. The van der Waals surface area contributed by atoms with Gasteiger partial charge in [0.25, 0.3) is 5.91 Å². The number of ether oxygens (including phenoxy) is 1. The Hall–Kier alpha value is -4.12. The molecule has 0 spiro atoms. The van der Waals surface area contributed by atoms with E-state index in [-0.39, 0.29) is 46.7 Å². The van der Waals surface area contributed by atoms with E-state index in [1.165, 1.54) is 42.3 Å². The number of aliphatic hydroxyl groups is 1. The highest BCUT2D eigenvalue weighted by Crippen LogP contribution is 2.40. The molecule has 2 aromatic heterocycles. The van der Waals surface area contributed by atoms with Gasteiger partial charge in [0.15, 0.2) is 11.6 Å². The Balaban J connectivity index is 1.56. The molecule has 1 fully saturated rings. The Morgan fingerprint density at radius 1 is 1.28 bits per heavy atom. The summed E-state index contributed by atoms with van der Waals surface area (Å²) in [4.78, 5) is 23.6. The van der Waals surface area contributed by atoms with Gasteiger partial charge in [0, 0.05) is 37.4 Å². The second kappa shape index (κ2) is 9.50. The second-order valence-corrected chi connectivity index (χ2v) is 8.53. The lowest BCUT2D eigenvalue weighted by Gasteiger charge is -2.28. The number of hydrogen-bond acceptors (Lipinski definition) is 7. The molecular weight excluding hydrogens is 470 g/mol. The van der Waals surface area contributed by atoms with Crippen LogP contribution in [-0.2, 0) is 7.05 Å². The maximum Gasteiger partial charge on any atom is 0.274 e. The number of rotatable bonds is 6. The molecule has 11 heteroatoms. The fourth-order valence-electron chi connectivity index (χ4n) is 4.65. The van der Waals surface area contributed by atoms with Crippen LogP contribution in [-0.4, -0.2) is 57.1 Å². The highest BCUT2D eigenvalue weighted by Gasteiger charge is 2.30. The van der Waals surface area contributed by atoms with Crippen LogP contribution in [0.5, 0.6) is 5.75 Å². The Morgan fingerprint density at radius 3 is 2.89 bits per heavy atom. The van der Waals surface area contributed by atoms with Crippen molar-refractivity contribution in [2.24, 2.45) is 7.05 Å². The molecule has 0 saturated carbocycles. The van der Waals surface area contributed by atoms with E-state index in [4.69, 9.17) is 4.74 Å². The lowest BCUT2D eigenvalue weighted by atomic mass is 10.1. The van der Waals surface area contributed by atoms with Gasteiger partial charge in [-0.25, -0.2) is 18.7 Å². The van der Waals surface area contributed by atoms with Gasteiger partial charge in [0.05, 0.1) is 36.7 Å². The van der Waals surface area contributed by atoms with Gasteiger partial charge in [-0.2, -0.15) is 5.10 Å². The molecule has 2 aromatic carbocycles. The molecule has 1 aliphatic rings. The number of aliphatic hydroxyl groups excluding tert-OH is 1. The second-order valence-electron chi connectivity index (χ2n) is 8.53. The third-order valence-corrected chi connectivity index (χ3v) is 6.27. The molecular formula is C25H24F2N6O3. The van der Waals surface area contributed by atoms with Crippen molar-refractivity contribution in [1.29, 1.82) is 0 Å².